The van der Waals surface area contributed by atoms with Crippen molar-refractivity contribution in [3.63, 3.8) is 0 Å². The predicted molar refractivity (Wildman–Crippen MR) is 48.9 cm³/mol. The Morgan fingerprint density at radius 3 is 3.23 bits per heavy atom. The van der Waals surface area contributed by atoms with Crippen LogP contribution < -0.4 is 5.32 Å². The molecule has 0 radical (unpaired) electrons. The standard InChI is InChI=1S/C8H10N2O2S/c1-4-10-6-5(13-4)2-3-9-7(6)8(11)12/h7,9H,2-3H2,1H3,(H,11,12). The number of thiazole rings is 1. The van der Waals surface area contributed by atoms with Crippen LogP contribution in [0.25, 0.3) is 0 Å². The largest absolute Gasteiger partial charge is 0.480 e. The summed E-state index contributed by atoms with van der Waals surface area (Å²) in [5, 5.41) is 12.8. The van der Waals surface area contributed by atoms with Crippen molar-refractivity contribution in [2.24, 2.45) is 0 Å². The van der Waals surface area contributed by atoms with Gasteiger partial charge in [0, 0.05) is 11.4 Å². The van der Waals surface area contributed by atoms with Gasteiger partial charge in [-0.05, 0) is 13.3 Å². The number of carboxylic acid groups (broad SMARTS) is 1. The fourth-order valence-corrected chi connectivity index (χ4v) is 2.49. The summed E-state index contributed by atoms with van der Waals surface area (Å²) in [7, 11) is 0. The second-order valence-electron chi connectivity index (χ2n) is 3.02. The second-order valence-corrected chi connectivity index (χ2v) is 4.30. The molecule has 2 heterocycles. The van der Waals surface area contributed by atoms with Gasteiger partial charge in [0.2, 0.25) is 0 Å². The molecular formula is C8H10N2O2S. The summed E-state index contributed by atoms with van der Waals surface area (Å²) in [6.07, 6.45) is 0.893. The Morgan fingerprint density at radius 1 is 1.77 bits per heavy atom. The molecule has 0 saturated carbocycles. The van der Waals surface area contributed by atoms with E-state index >= 15 is 0 Å². The van der Waals surface area contributed by atoms with Gasteiger partial charge >= 0.3 is 5.97 Å². The van der Waals surface area contributed by atoms with Crippen molar-refractivity contribution in [1.29, 1.82) is 0 Å². The van der Waals surface area contributed by atoms with Crippen molar-refractivity contribution < 1.29 is 9.90 Å². The Balaban J connectivity index is 2.41. The predicted octanol–water partition coefficient (Wildman–Crippen LogP) is 0.723. The number of aryl methyl sites for hydroxylation is 1. The Kier molecular flexibility index (Phi) is 2.05. The summed E-state index contributed by atoms with van der Waals surface area (Å²) in [4.78, 5) is 16.2. The summed E-state index contributed by atoms with van der Waals surface area (Å²) in [6.45, 7) is 2.63. The minimum absolute atomic E-state index is 0.603. The number of hydrogen-bond acceptors (Lipinski definition) is 4. The van der Waals surface area contributed by atoms with Crippen LogP contribution in [0.4, 0.5) is 0 Å². The van der Waals surface area contributed by atoms with Crippen LogP contribution >= 0.6 is 11.3 Å². The van der Waals surface area contributed by atoms with Crippen LogP contribution in [0.3, 0.4) is 0 Å². The molecular weight excluding hydrogens is 188 g/mol. The highest BCUT2D eigenvalue weighted by molar-refractivity contribution is 7.11. The van der Waals surface area contributed by atoms with Gasteiger partial charge < -0.3 is 5.11 Å². The molecule has 0 spiro atoms. The van der Waals surface area contributed by atoms with Crippen LogP contribution in [0.5, 0.6) is 0 Å². The Labute approximate surface area is 79.6 Å². The van der Waals surface area contributed by atoms with Gasteiger partial charge in [-0.15, -0.1) is 11.3 Å². The van der Waals surface area contributed by atoms with E-state index in [1.807, 2.05) is 6.92 Å². The summed E-state index contributed by atoms with van der Waals surface area (Å²) >= 11 is 1.60. The molecule has 1 aromatic rings. The van der Waals surface area contributed by atoms with E-state index in [1.54, 1.807) is 11.3 Å². The van der Waals surface area contributed by atoms with Crippen LogP contribution in [-0.2, 0) is 11.2 Å². The Hall–Kier alpha value is -0.940. The molecule has 0 bridgehead atoms. The van der Waals surface area contributed by atoms with Crippen LogP contribution in [0, 0.1) is 6.92 Å². The van der Waals surface area contributed by atoms with Gasteiger partial charge in [0.15, 0.2) is 0 Å². The fraction of sp³-hybridized carbons (Fsp3) is 0.500. The number of rotatable bonds is 1. The van der Waals surface area contributed by atoms with Gasteiger partial charge in [0.25, 0.3) is 0 Å². The maximum absolute atomic E-state index is 10.8. The monoisotopic (exact) mass is 198 g/mol. The van der Waals surface area contributed by atoms with Crippen LogP contribution in [0.1, 0.15) is 21.6 Å². The lowest BCUT2D eigenvalue weighted by molar-refractivity contribution is -0.139. The van der Waals surface area contributed by atoms with Crippen molar-refractivity contribution in [2.45, 2.75) is 19.4 Å². The summed E-state index contributed by atoms with van der Waals surface area (Å²) in [5.74, 6) is -0.841. The molecule has 1 aliphatic rings. The molecule has 0 amide bonds. The van der Waals surface area contributed by atoms with Crippen molar-refractivity contribution in [1.82, 2.24) is 10.3 Å². The average Bonchev–Trinajstić information content (AvgIpc) is 2.43. The highest BCUT2D eigenvalue weighted by Crippen LogP contribution is 2.27. The topological polar surface area (TPSA) is 62.2 Å². The minimum Gasteiger partial charge on any atom is -0.480 e. The van der Waals surface area contributed by atoms with Gasteiger partial charge in [0.1, 0.15) is 6.04 Å². The molecule has 13 heavy (non-hydrogen) atoms. The first kappa shape index (κ1) is 8.65. The minimum atomic E-state index is -0.841. The van der Waals surface area contributed by atoms with E-state index in [2.05, 4.69) is 10.3 Å². The first-order chi connectivity index (χ1) is 6.18. The van der Waals surface area contributed by atoms with Crippen LogP contribution in [0.15, 0.2) is 0 Å². The zero-order valence-corrected chi connectivity index (χ0v) is 8.02. The summed E-state index contributed by atoms with van der Waals surface area (Å²) in [5.41, 5.74) is 0.709. The van der Waals surface area contributed by atoms with E-state index in [0.717, 1.165) is 22.9 Å². The van der Waals surface area contributed by atoms with E-state index in [1.165, 1.54) is 0 Å². The van der Waals surface area contributed by atoms with Gasteiger partial charge in [0.05, 0.1) is 10.7 Å². The number of carboxylic acids is 1. The Bertz CT molecular complexity index is 348. The van der Waals surface area contributed by atoms with Gasteiger partial charge in [-0.2, -0.15) is 0 Å². The molecule has 1 atom stereocenters. The fourth-order valence-electron chi connectivity index (χ4n) is 1.52. The molecule has 70 valence electrons. The summed E-state index contributed by atoms with van der Waals surface area (Å²) in [6, 6.07) is -0.603. The first-order valence-corrected chi connectivity index (χ1v) is 4.92. The van der Waals surface area contributed by atoms with E-state index in [9.17, 15) is 4.79 Å². The first-order valence-electron chi connectivity index (χ1n) is 4.11. The second kappa shape index (κ2) is 3.08. The number of aromatic nitrogens is 1. The van der Waals surface area contributed by atoms with Crippen LogP contribution in [-0.4, -0.2) is 22.6 Å². The third kappa shape index (κ3) is 1.45. The third-order valence-corrected chi connectivity index (χ3v) is 3.10. The molecule has 0 aromatic carbocycles. The molecule has 0 saturated heterocycles. The van der Waals surface area contributed by atoms with Crippen molar-refractivity contribution in [2.75, 3.05) is 6.54 Å². The molecule has 0 fully saturated rings. The van der Waals surface area contributed by atoms with E-state index < -0.39 is 12.0 Å². The van der Waals surface area contributed by atoms with Gasteiger partial charge in [-0.25, -0.2) is 4.98 Å². The lowest BCUT2D eigenvalue weighted by Crippen LogP contribution is -2.34. The van der Waals surface area contributed by atoms with Crippen molar-refractivity contribution >= 4 is 17.3 Å². The maximum Gasteiger partial charge on any atom is 0.327 e. The third-order valence-electron chi connectivity index (χ3n) is 2.06. The van der Waals surface area contributed by atoms with E-state index in [0.29, 0.717) is 5.69 Å². The molecule has 2 N–H and O–H groups in total. The number of aliphatic carboxylic acids is 1. The zero-order valence-electron chi connectivity index (χ0n) is 7.20. The number of hydrogen-bond donors (Lipinski definition) is 2. The molecule has 2 rings (SSSR count). The molecule has 4 nitrogen and oxygen atoms in total. The number of carbonyl (C=O) groups is 1. The number of nitrogens with zero attached hydrogens (tertiary/aromatic N) is 1. The number of fused-ring (bicyclic) bond motifs is 1. The maximum atomic E-state index is 10.8. The van der Waals surface area contributed by atoms with Gasteiger partial charge in [-0.3, -0.25) is 10.1 Å². The van der Waals surface area contributed by atoms with Crippen LogP contribution in [0.2, 0.25) is 0 Å². The smallest absolute Gasteiger partial charge is 0.327 e. The zero-order chi connectivity index (χ0) is 9.42. The van der Waals surface area contributed by atoms with E-state index in [-0.39, 0.29) is 0 Å². The van der Waals surface area contributed by atoms with Crippen molar-refractivity contribution in [3.05, 3.63) is 15.6 Å². The quantitative estimate of drug-likeness (QED) is 0.698. The average molecular weight is 198 g/mol. The summed E-state index contributed by atoms with van der Waals surface area (Å²) < 4.78 is 0. The molecule has 0 aliphatic carbocycles. The highest BCUT2D eigenvalue weighted by atomic mass is 32.1. The molecule has 1 aliphatic heterocycles. The molecule has 1 unspecified atom stereocenters. The lowest BCUT2D eigenvalue weighted by Gasteiger charge is -2.18. The molecule has 1 aromatic heterocycles. The normalized spacial score (nSPS) is 21.2. The molecule has 5 heteroatoms. The highest BCUT2D eigenvalue weighted by Gasteiger charge is 2.28. The van der Waals surface area contributed by atoms with Gasteiger partial charge in [-0.1, -0.05) is 0 Å². The lowest BCUT2D eigenvalue weighted by atomic mass is 10.1. The van der Waals surface area contributed by atoms with E-state index in [4.69, 9.17) is 5.11 Å². The number of nitrogens with one attached hydrogen (secondary N) is 1. The SMILES string of the molecule is Cc1nc2c(s1)CCNC2C(=O)O. The Morgan fingerprint density at radius 2 is 2.54 bits per heavy atom. The van der Waals surface area contributed by atoms with Crippen molar-refractivity contribution in [3.8, 4) is 0 Å².